The smallest absolute Gasteiger partial charge is 0.336 e. The van der Waals surface area contributed by atoms with Crippen molar-refractivity contribution < 1.29 is 18.0 Å². The lowest BCUT2D eigenvalue weighted by atomic mass is 10.0. The molecule has 3 aromatic rings. The Kier molecular flexibility index (Phi) is 5.40. The van der Waals surface area contributed by atoms with Crippen LogP contribution >= 0.6 is 0 Å². The van der Waals surface area contributed by atoms with Gasteiger partial charge in [0.05, 0.1) is 5.56 Å². The van der Waals surface area contributed by atoms with Gasteiger partial charge < -0.3 is 15.5 Å². The molecule has 1 aliphatic rings. The third-order valence-electron chi connectivity index (χ3n) is 4.65. The maximum absolute atomic E-state index is 13.0. The summed E-state index contributed by atoms with van der Waals surface area (Å²) in [6.45, 7) is 2.16. The molecule has 0 saturated heterocycles. The maximum Gasteiger partial charge on any atom is 0.417 e. The number of nitrogens with one attached hydrogen (secondary N) is 2. The van der Waals surface area contributed by atoms with Gasteiger partial charge in [-0.05, 0) is 29.8 Å². The van der Waals surface area contributed by atoms with Crippen LogP contribution in [0.1, 0.15) is 23.7 Å². The van der Waals surface area contributed by atoms with Crippen molar-refractivity contribution in [3.05, 3.63) is 59.7 Å². The van der Waals surface area contributed by atoms with Crippen LogP contribution in [0, 0.1) is 0 Å². The van der Waals surface area contributed by atoms with E-state index < -0.39 is 11.7 Å². The van der Waals surface area contributed by atoms with Gasteiger partial charge in [-0.25, -0.2) is 9.97 Å². The van der Waals surface area contributed by atoms with Crippen LogP contribution < -0.4 is 15.5 Å². The molecule has 2 N–H and O–H groups in total. The van der Waals surface area contributed by atoms with Crippen molar-refractivity contribution in [2.75, 3.05) is 22.1 Å². The van der Waals surface area contributed by atoms with Gasteiger partial charge in [-0.2, -0.15) is 18.2 Å². The Bertz CT molecular complexity index is 1120. The number of amides is 1. The Labute approximate surface area is 175 Å². The molecule has 0 spiro atoms. The Morgan fingerprint density at radius 1 is 1.13 bits per heavy atom. The summed E-state index contributed by atoms with van der Waals surface area (Å²) in [6, 6.07) is 8.16. The quantitative estimate of drug-likeness (QED) is 0.655. The molecule has 0 bridgehead atoms. The number of alkyl halides is 3. The van der Waals surface area contributed by atoms with E-state index in [-0.39, 0.29) is 18.4 Å². The van der Waals surface area contributed by atoms with Crippen molar-refractivity contribution in [2.45, 2.75) is 26.1 Å². The van der Waals surface area contributed by atoms with Crippen LogP contribution in [-0.4, -0.2) is 32.4 Å². The van der Waals surface area contributed by atoms with E-state index in [2.05, 4.69) is 30.6 Å². The van der Waals surface area contributed by atoms with Gasteiger partial charge in [0.2, 0.25) is 17.8 Å². The van der Waals surface area contributed by atoms with Crippen molar-refractivity contribution in [1.82, 2.24) is 19.9 Å². The second-order valence-corrected chi connectivity index (χ2v) is 7.00. The molecule has 0 fully saturated rings. The first-order valence-corrected chi connectivity index (χ1v) is 9.41. The molecule has 31 heavy (non-hydrogen) atoms. The SMILES string of the molecule is CC(=O)Nc1cccc(Nc2ncnc(N3CCc4ncc(C(F)(F)F)cc4C3)n2)c1. The highest BCUT2D eigenvalue weighted by Gasteiger charge is 2.32. The van der Waals surface area contributed by atoms with Crippen LogP contribution in [0.15, 0.2) is 42.9 Å². The second kappa shape index (κ2) is 8.17. The first-order valence-electron chi connectivity index (χ1n) is 9.41. The molecular formula is C20H18F3N7O. The molecule has 3 heterocycles. The molecule has 0 saturated carbocycles. The number of hydrogen-bond acceptors (Lipinski definition) is 7. The summed E-state index contributed by atoms with van der Waals surface area (Å²) >= 11 is 0. The lowest BCUT2D eigenvalue weighted by molar-refractivity contribution is -0.137. The van der Waals surface area contributed by atoms with Crippen molar-refractivity contribution in [2.24, 2.45) is 0 Å². The molecule has 2 aromatic heterocycles. The number of anilines is 4. The predicted molar refractivity (Wildman–Crippen MR) is 108 cm³/mol. The Morgan fingerprint density at radius 3 is 2.71 bits per heavy atom. The van der Waals surface area contributed by atoms with Crippen LogP contribution in [0.3, 0.4) is 0 Å². The monoisotopic (exact) mass is 429 g/mol. The van der Waals surface area contributed by atoms with Gasteiger partial charge in [0, 0.05) is 49.7 Å². The number of aromatic nitrogens is 4. The average Bonchev–Trinajstić information content (AvgIpc) is 2.72. The predicted octanol–water partition coefficient (Wildman–Crippen LogP) is 3.55. The number of halogens is 3. The van der Waals surface area contributed by atoms with Crippen molar-refractivity contribution >= 4 is 29.2 Å². The zero-order valence-corrected chi connectivity index (χ0v) is 16.4. The van der Waals surface area contributed by atoms with E-state index in [9.17, 15) is 18.0 Å². The number of benzene rings is 1. The van der Waals surface area contributed by atoms with Gasteiger partial charge >= 0.3 is 6.18 Å². The average molecular weight is 429 g/mol. The van der Waals surface area contributed by atoms with Crippen LogP contribution in [0.25, 0.3) is 0 Å². The first-order chi connectivity index (χ1) is 14.8. The van der Waals surface area contributed by atoms with Gasteiger partial charge in [0.15, 0.2) is 0 Å². The van der Waals surface area contributed by atoms with E-state index in [0.29, 0.717) is 41.5 Å². The van der Waals surface area contributed by atoms with Gasteiger partial charge in [-0.1, -0.05) is 6.07 Å². The van der Waals surface area contributed by atoms with E-state index >= 15 is 0 Å². The summed E-state index contributed by atoms with van der Waals surface area (Å²) in [5.41, 5.74) is 1.65. The fourth-order valence-electron chi connectivity index (χ4n) is 3.26. The molecule has 1 amide bonds. The molecular weight excluding hydrogens is 411 g/mol. The van der Waals surface area contributed by atoms with E-state index in [4.69, 9.17) is 0 Å². The van der Waals surface area contributed by atoms with Gasteiger partial charge in [-0.3, -0.25) is 9.78 Å². The summed E-state index contributed by atoms with van der Waals surface area (Å²) in [5, 5.41) is 5.74. The van der Waals surface area contributed by atoms with E-state index in [1.165, 1.54) is 13.3 Å². The Morgan fingerprint density at radius 2 is 1.94 bits per heavy atom. The Hall–Kier alpha value is -3.76. The summed E-state index contributed by atoms with van der Waals surface area (Å²) < 4.78 is 39.1. The summed E-state index contributed by atoms with van der Waals surface area (Å²) in [5.74, 6) is 0.435. The van der Waals surface area contributed by atoms with Crippen LogP contribution in [-0.2, 0) is 23.9 Å². The van der Waals surface area contributed by atoms with Crippen molar-refractivity contribution in [3.63, 3.8) is 0 Å². The summed E-state index contributed by atoms with van der Waals surface area (Å²) in [4.78, 5) is 29.6. The third kappa shape index (κ3) is 4.87. The number of nitrogens with zero attached hydrogens (tertiary/aromatic N) is 5. The minimum absolute atomic E-state index is 0.187. The normalized spacial score (nSPS) is 13.5. The number of carbonyl (C=O) groups is 1. The maximum atomic E-state index is 13.0. The highest BCUT2D eigenvalue weighted by atomic mass is 19.4. The lowest BCUT2D eigenvalue weighted by Gasteiger charge is -2.28. The highest BCUT2D eigenvalue weighted by molar-refractivity contribution is 5.89. The fourth-order valence-corrected chi connectivity index (χ4v) is 3.26. The molecule has 0 aliphatic carbocycles. The van der Waals surface area contributed by atoms with Gasteiger partial charge in [0.1, 0.15) is 6.33 Å². The van der Waals surface area contributed by atoms with E-state index in [0.717, 1.165) is 12.3 Å². The van der Waals surface area contributed by atoms with E-state index in [1.807, 2.05) is 0 Å². The van der Waals surface area contributed by atoms with Crippen molar-refractivity contribution in [1.29, 1.82) is 0 Å². The lowest BCUT2D eigenvalue weighted by Crippen LogP contribution is -2.32. The largest absolute Gasteiger partial charge is 0.417 e. The standard InChI is InChI=1S/C20H18F3N7O/c1-12(31)27-15-3-2-4-16(8-15)28-18-25-11-26-19(29-18)30-6-5-17-13(10-30)7-14(9-24-17)20(21,22)23/h2-4,7-9,11H,5-6,10H2,1H3,(H,27,31)(H,25,26,28,29). The molecule has 0 atom stereocenters. The van der Waals surface area contributed by atoms with E-state index in [1.54, 1.807) is 29.2 Å². The molecule has 0 radical (unpaired) electrons. The number of pyridine rings is 1. The fraction of sp³-hybridized carbons (Fsp3) is 0.250. The third-order valence-corrected chi connectivity index (χ3v) is 4.65. The van der Waals surface area contributed by atoms with Crippen LogP contribution in [0.5, 0.6) is 0 Å². The van der Waals surface area contributed by atoms with Crippen LogP contribution in [0.2, 0.25) is 0 Å². The summed E-state index contributed by atoms with van der Waals surface area (Å²) in [6.07, 6.45) is -1.75. The molecule has 4 rings (SSSR count). The first kappa shape index (κ1) is 20.5. The number of rotatable bonds is 4. The number of hydrogen-bond donors (Lipinski definition) is 2. The van der Waals surface area contributed by atoms with Gasteiger partial charge in [-0.15, -0.1) is 0 Å². The molecule has 160 valence electrons. The second-order valence-electron chi connectivity index (χ2n) is 7.00. The zero-order valence-electron chi connectivity index (χ0n) is 16.4. The van der Waals surface area contributed by atoms with Crippen molar-refractivity contribution in [3.8, 4) is 0 Å². The van der Waals surface area contributed by atoms with Crippen LogP contribution in [0.4, 0.5) is 36.4 Å². The van der Waals surface area contributed by atoms with Gasteiger partial charge in [0.25, 0.3) is 0 Å². The summed E-state index contributed by atoms with van der Waals surface area (Å²) in [7, 11) is 0. The highest BCUT2D eigenvalue weighted by Crippen LogP contribution is 2.31. The molecule has 11 heteroatoms. The molecule has 1 aliphatic heterocycles. The number of carbonyl (C=O) groups excluding carboxylic acids is 1. The minimum Gasteiger partial charge on any atom is -0.336 e. The Balaban J connectivity index is 1.52. The number of fused-ring (bicyclic) bond motifs is 1. The minimum atomic E-state index is -4.44. The zero-order chi connectivity index (χ0) is 22.0. The topological polar surface area (TPSA) is 95.9 Å². The molecule has 8 nitrogen and oxygen atoms in total. The molecule has 0 unspecified atom stereocenters. The molecule has 1 aromatic carbocycles.